The fourth-order valence-corrected chi connectivity index (χ4v) is 2.15. The van der Waals surface area contributed by atoms with E-state index in [-0.39, 0.29) is 5.75 Å². The van der Waals surface area contributed by atoms with Crippen molar-refractivity contribution in [1.82, 2.24) is 0 Å². The summed E-state index contributed by atoms with van der Waals surface area (Å²) in [6.45, 7) is 0. The minimum Gasteiger partial charge on any atom is -0.507 e. The van der Waals surface area contributed by atoms with Crippen LogP contribution in [0.25, 0.3) is 0 Å². The standard InChI is InChI=1S/C20H14N2O2/c21-13-15-7-2-5-11-19(15)24-20-12-6-3-9-17(20)22-14-16-8-1-4-10-18(16)23/h1-12,14,23H. The summed E-state index contributed by atoms with van der Waals surface area (Å²) < 4.78 is 5.85. The van der Waals surface area contributed by atoms with Gasteiger partial charge in [0.05, 0.1) is 5.56 Å². The molecule has 0 spiro atoms. The van der Waals surface area contributed by atoms with E-state index in [1.807, 2.05) is 24.3 Å². The molecule has 0 saturated carbocycles. The predicted octanol–water partition coefficient (Wildman–Crippen LogP) is 4.81. The number of nitrogens with zero attached hydrogens (tertiary/aromatic N) is 2. The molecule has 0 atom stereocenters. The molecule has 0 unspecified atom stereocenters. The zero-order chi connectivity index (χ0) is 16.8. The molecule has 0 saturated heterocycles. The summed E-state index contributed by atoms with van der Waals surface area (Å²) in [4.78, 5) is 4.40. The van der Waals surface area contributed by atoms with E-state index in [0.717, 1.165) is 0 Å². The van der Waals surface area contributed by atoms with Crippen molar-refractivity contribution in [1.29, 1.82) is 5.26 Å². The number of hydrogen-bond donors (Lipinski definition) is 1. The quantitative estimate of drug-likeness (QED) is 0.703. The van der Waals surface area contributed by atoms with E-state index in [4.69, 9.17) is 10.00 Å². The Labute approximate surface area is 139 Å². The summed E-state index contributed by atoms with van der Waals surface area (Å²) in [6, 6.07) is 23.4. The number of phenolic OH excluding ortho intramolecular Hbond substituents is 1. The van der Waals surface area contributed by atoms with E-state index < -0.39 is 0 Å². The lowest BCUT2D eigenvalue weighted by molar-refractivity contribution is 0.474. The zero-order valence-electron chi connectivity index (χ0n) is 12.8. The van der Waals surface area contributed by atoms with Gasteiger partial charge in [0.1, 0.15) is 23.3 Å². The smallest absolute Gasteiger partial charge is 0.153 e. The molecule has 116 valence electrons. The van der Waals surface area contributed by atoms with Crippen molar-refractivity contribution in [3.63, 3.8) is 0 Å². The maximum absolute atomic E-state index is 9.80. The Morgan fingerprint density at radius 1 is 0.875 bits per heavy atom. The van der Waals surface area contributed by atoms with Gasteiger partial charge >= 0.3 is 0 Å². The molecule has 0 amide bonds. The summed E-state index contributed by atoms with van der Waals surface area (Å²) in [6.07, 6.45) is 1.58. The lowest BCUT2D eigenvalue weighted by Gasteiger charge is -2.09. The molecule has 4 nitrogen and oxygen atoms in total. The molecular formula is C20H14N2O2. The van der Waals surface area contributed by atoms with Crippen LogP contribution < -0.4 is 4.74 Å². The van der Waals surface area contributed by atoms with Gasteiger partial charge in [0.25, 0.3) is 0 Å². The maximum Gasteiger partial charge on any atom is 0.153 e. The van der Waals surface area contributed by atoms with Crippen LogP contribution >= 0.6 is 0 Å². The normalized spacial score (nSPS) is 10.5. The third-order valence-corrected chi connectivity index (χ3v) is 3.37. The van der Waals surface area contributed by atoms with Crippen LogP contribution in [-0.2, 0) is 0 Å². The van der Waals surface area contributed by atoms with Gasteiger partial charge in [-0.2, -0.15) is 5.26 Å². The highest BCUT2D eigenvalue weighted by Crippen LogP contribution is 2.33. The molecule has 0 aliphatic rings. The van der Waals surface area contributed by atoms with Crippen LogP contribution in [0.4, 0.5) is 5.69 Å². The molecule has 0 aromatic heterocycles. The molecule has 0 bridgehead atoms. The first-order chi connectivity index (χ1) is 11.8. The molecule has 0 heterocycles. The molecular weight excluding hydrogens is 300 g/mol. The maximum atomic E-state index is 9.80. The molecule has 0 aliphatic heterocycles. The third kappa shape index (κ3) is 3.42. The van der Waals surface area contributed by atoms with Crippen LogP contribution in [0.15, 0.2) is 77.8 Å². The summed E-state index contributed by atoms with van der Waals surface area (Å²) >= 11 is 0. The Kier molecular flexibility index (Phi) is 4.55. The monoisotopic (exact) mass is 314 g/mol. The van der Waals surface area contributed by atoms with E-state index in [2.05, 4.69) is 11.1 Å². The van der Waals surface area contributed by atoms with E-state index in [0.29, 0.717) is 28.3 Å². The van der Waals surface area contributed by atoms with E-state index in [1.54, 1.807) is 54.7 Å². The number of phenols is 1. The third-order valence-electron chi connectivity index (χ3n) is 3.37. The van der Waals surface area contributed by atoms with Gasteiger partial charge in [0.2, 0.25) is 0 Å². The lowest BCUT2D eigenvalue weighted by Crippen LogP contribution is -1.88. The average Bonchev–Trinajstić information content (AvgIpc) is 2.62. The first-order valence-electron chi connectivity index (χ1n) is 7.36. The summed E-state index contributed by atoms with van der Waals surface area (Å²) in [7, 11) is 0. The van der Waals surface area contributed by atoms with Gasteiger partial charge in [-0.15, -0.1) is 0 Å². The number of hydrogen-bond acceptors (Lipinski definition) is 4. The van der Waals surface area contributed by atoms with E-state index >= 15 is 0 Å². The second-order valence-electron chi connectivity index (χ2n) is 4.99. The summed E-state index contributed by atoms with van der Waals surface area (Å²) in [5.74, 6) is 1.17. The van der Waals surface area contributed by atoms with Crippen LogP contribution in [0.1, 0.15) is 11.1 Å². The average molecular weight is 314 g/mol. The number of aliphatic imine (C=N–C) groups is 1. The summed E-state index contributed by atoms with van der Waals surface area (Å²) in [5, 5.41) is 19.0. The molecule has 0 fully saturated rings. The number of nitriles is 1. The first-order valence-corrected chi connectivity index (χ1v) is 7.36. The second kappa shape index (κ2) is 7.12. The Bertz CT molecular complexity index is 927. The first kappa shape index (κ1) is 15.3. The van der Waals surface area contributed by atoms with Crippen molar-refractivity contribution in [2.75, 3.05) is 0 Å². The minimum absolute atomic E-state index is 0.162. The van der Waals surface area contributed by atoms with Crippen LogP contribution in [0.3, 0.4) is 0 Å². The van der Waals surface area contributed by atoms with Crippen LogP contribution in [0, 0.1) is 11.3 Å². The second-order valence-corrected chi connectivity index (χ2v) is 4.99. The molecule has 1 N–H and O–H groups in total. The van der Waals surface area contributed by atoms with Crippen LogP contribution in [-0.4, -0.2) is 11.3 Å². The van der Waals surface area contributed by atoms with Crippen molar-refractivity contribution < 1.29 is 9.84 Å². The van der Waals surface area contributed by atoms with Crippen LogP contribution in [0.5, 0.6) is 17.2 Å². The van der Waals surface area contributed by atoms with Crippen molar-refractivity contribution >= 4 is 11.9 Å². The van der Waals surface area contributed by atoms with Crippen LogP contribution in [0.2, 0.25) is 0 Å². The Hall–Kier alpha value is -3.58. The molecule has 24 heavy (non-hydrogen) atoms. The molecule has 0 aliphatic carbocycles. The van der Waals surface area contributed by atoms with Crippen molar-refractivity contribution in [3.05, 3.63) is 83.9 Å². The highest BCUT2D eigenvalue weighted by molar-refractivity contribution is 5.85. The molecule has 4 heteroatoms. The number of aromatic hydroxyl groups is 1. The topological polar surface area (TPSA) is 65.6 Å². The van der Waals surface area contributed by atoms with Crippen molar-refractivity contribution in [2.24, 2.45) is 4.99 Å². The van der Waals surface area contributed by atoms with Gasteiger partial charge in [0, 0.05) is 11.8 Å². The Balaban J connectivity index is 1.92. The fourth-order valence-electron chi connectivity index (χ4n) is 2.15. The van der Waals surface area contributed by atoms with Crippen molar-refractivity contribution in [3.8, 4) is 23.3 Å². The Morgan fingerprint density at radius 3 is 2.33 bits per heavy atom. The number of rotatable bonds is 4. The van der Waals surface area contributed by atoms with Gasteiger partial charge in [-0.25, -0.2) is 0 Å². The van der Waals surface area contributed by atoms with E-state index in [1.165, 1.54) is 0 Å². The minimum atomic E-state index is 0.162. The molecule has 0 radical (unpaired) electrons. The van der Waals surface area contributed by atoms with Gasteiger partial charge in [-0.3, -0.25) is 4.99 Å². The fraction of sp³-hybridized carbons (Fsp3) is 0. The highest BCUT2D eigenvalue weighted by atomic mass is 16.5. The molecule has 3 aromatic carbocycles. The highest BCUT2D eigenvalue weighted by Gasteiger charge is 2.07. The van der Waals surface area contributed by atoms with Gasteiger partial charge in [-0.1, -0.05) is 36.4 Å². The number of ether oxygens (including phenoxy) is 1. The molecule has 3 aromatic rings. The number of benzene rings is 3. The molecule has 3 rings (SSSR count). The van der Waals surface area contributed by atoms with Crippen molar-refractivity contribution in [2.45, 2.75) is 0 Å². The number of para-hydroxylation sites is 4. The Morgan fingerprint density at radius 2 is 1.54 bits per heavy atom. The SMILES string of the molecule is N#Cc1ccccc1Oc1ccccc1N=Cc1ccccc1O. The summed E-state index contributed by atoms with van der Waals surface area (Å²) in [5.41, 5.74) is 1.68. The predicted molar refractivity (Wildman–Crippen MR) is 93.0 cm³/mol. The van der Waals surface area contributed by atoms with Gasteiger partial charge in [-0.05, 0) is 36.4 Å². The largest absolute Gasteiger partial charge is 0.507 e. The zero-order valence-corrected chi connectivity index (χ0v) is 12.8. The van der Waals surface area contributed by atoms with Gasteiger partial charge in [0.15, 0.2) is 5.75 Å². The lowest BCUT2D eigenvalue weighted by atomic mass is 10.2. The van der Waals surface area contributed by atoms with E-state index in [9.17, 15) is 5.11 Å². The van der Waals surface area contributed by atoms with Gasteiger partial charge < -0.3 is 9.84 Å².